The molecule has 1 aliphatic carbocycles. The maximum Gasteiger partial charge on any atom is 0.240 e. The van der Waals surface area contributed by atoms with Crippen molar-refractivity contribution in [3.8, 4) is 0 Å². The molecule has 0 aromatic heterocycles. The topological polar surface area (TPSA) is 109 Å². The zero-order valence-electron chi connectivity index (χ0n) is 12.1. The first-order valence-corrected chi connectivity index (χ1v) is 9.94. The van der Waals surface area contributed by atoms with Crippen molar-refractivity contribution in [3.63, 3.8) is 0 Å². The van der Waals surface area contributed by atoms with E-state index in [2.05, 4.69) is 9.44 Å². The van der Waals surface area contributed by atoms with Crippen LogP contribution in [0.2, 0.25) is 0 Å². The van der Waals surface area contributed by atoms with E-state index in [-0.39, 0.29) is 28.9 Å². The van der Waals surface area contributed by atoms with Crippen LogP contribution in [-0.4, -0.2) is 42.0 Å². The van der Waals surface area contributed by atoms with Crippen LogP contribution in [0.15, 0.2) is 29.2 Å². The molecule has 0 bridgehead atoms. The van der Waals surface area contributed by atoms with E-state index in [0.717, 1.165) is 12.8 Å². The van der Waals surface area contributed by atoms with Gasteiger partial charge >= 0.3 is 0 Å². The molecule has 0 saturated heterocycles. The Kier molecular flexibility index (Phi) is 5.00. The van der Waals surface area contributed by atoms with Crippen molar-refractivity contribution >= 4 is 25.8 Å². The minimum atomic E-state index is -3.79. The summed E-state index contributed by atoms with van der Waals surface area (Å²) in [5.41, 5.74) is 0.499. The number of sulfonamides is 2. The Morgan fingerprint density at radius 3 is 2.23 bits per heavy atom. The Labute approximate surface area is 130 Å². The maximum absolute atomic E-state index is 12.0. The molecule has 122 valence electrons. The van der Waals surface area contributed by atoms with Crippen LogP contribution in [0.1, 0.15) is 23.2 Å². The van der Waals surface area contributed by atoms with Crippen molar-refractivity contribution in [1.82, 2.24) is 9.44 Å². The molecule has 0 radical (unpaired) electrons. The highest BCUT2D eigenvalue weighted by molar-refractivity contribution is 7.90. The van der Waals surface area contributed by atoms with Gasteiger partial charge in [0, 0.05) is 18.0 Å². The van der Waals surface area contributed by atoms with Crippen LogP contribution >= 0.6 is 0 Å². The number of benzene rings is 1. The summed E-state index contributed by atoms with van der Waals surface area (Å²) >= 11 is 0. The van der Waals surface area contributed by atoms with Crippen molar-refractivity contribution in [1.29, 1.82) is 0 Å². The smallest absolute Gasteiger partial charge is 0.240 e. The summed E-state index contributed by atoms with van der Waals surface area (Å²) in [6.07, 6.45) is 1.78. The molecular weight excluding hydrogens is 328 g/mol. The number of hydrogen-bond donors (Lipinski definition) is 2. The van der Waals surface area contributed by atoms with E-state index in [4.69, 9.17) is 0 Å². The summed E-state index contributed by atoms with van der Waals surface area (Å²) in [6, 6.07) is 5.67. The summed E-state index contributed by atoms with van der Waals surface area (Å²) in [5, 5.41) is 0. The van der Waals surface area contributed by atoms with Crippen LogP contribution in [-0.2, 0) is 20.0 Å². The molecular formula is C13H18N2O5S2. The van der Waals surface area contributed by atoms with E-state index in [9.17, 15) is 21.6 Å². The number of hydrogen-bond acceptors (Lipinski definition) is 5. The standard InChI is InChI=1S/C13H18N2O5S2/c1-14-21(17,18)9-8-15-22(19,20)12-6-4-11(5-7-12)13(16)10-2-3-10/h4-7,10,14-15H,2-3,8-9H2,1H3. The Bertz CT molecular complexity index is 750. The van der Waals surface area contributed by atoms with Gasteiger partial charge in [-0.15, -0.1) is 0 Å². The van der Waals surface area contributed by atoms with E-state index in [1.54, 1.807) is 0 Å². The predicted octanol–water partition coefficient (Wildman–Crippen LogP) is 0.107. The minimum Gasteiger partial charge on any atom is -0.294 e. The Morgan fingerprint density at radius 1 is 1.14 bits per heavy atom. The van der Waals surface area contributed by atoms with Crippen molar-refractivity contribution < 1.29 is 21.6 Å². The first-order chi connectivity index (χ1) is 10.2. The van der Waals surface area contributed by atoms with E-state index < -0.39 is 20.0 Å². The lowest BCUT2D eigenvalue weighted by molar-refractivity contribution is 0.0967. The number of Topliss-reactive ketones (excluding diaryl/α,β-unsaturated/α-hetero) is 1. The van der Waals surface area contributed by atoms with E-state index >= 15 is 0 Å². The largest absolute Gasteiger partial charge is 0.294 e. The number of carbonyl (C=O) groups excluding carboxylic acids is 1. The monoisotopic (exact) mass is 346 g/mol. The zero-order chi connectivity index (χ0) is 16.4. The fourth-order valence-electron chi connectivity index (χ4n) is 1.88. The van der Waals surface area contributed by atoms with Crippen LogP contribution < -0.4 is 9.44 Å². The maximum atomic E-state index is 12.0. The summed E-state index contributed by atoms with van der Waals surface area (Å²) in [5.74, 6) is -0.231. The van der Waals surface area contributed by atoms with Crippen molar-refractivity contribution in [2.45, 2.75) is 17.7 Å². The molecule has 9 heteroatoms. The van der Waals surface area contributed by atoms with Gasteiger partial charge in [0.15, 0.2) is 5.78 Å². The van der Waals surface area contributed by atoms with Crippen LogP contribution in [0.4, 0.5) is 0 Å². The molecule has 1 aromatic carbocycles. The molecule has 0 spiro atoms. The molecule has 0 unspecified atom stereocenters. The van der Waals surface area contributed by atoms with Crippen molar-refractivity contribution in [2.75, 3.05) is 19.3 Å². The number of nitrogens with one attached hydrogen (secondary N) is 2. The molecule has 1 fully saturated rings. The van der Waals surface area contributed by atoms with Gasteiger partial charge in [0.1, 0.15) is 0 Å². The Balaban J connectivity index is 2.01. The van der Waals surface area contributed by atoms with Crippen LogP contribution in [0.25, 0.3) is 0 Å². The Hall–Kier alpha value is -1.29. The molecule has 2 rings (SSSR count). The minimum absolute atomic E-state index is 0.00158. The van der Waals surface area contributed by atoms with Crippen LogP contribution in [0.3, 0.4) is 0 Å². The van der Waals surface area contributed by atoms with Gasteiger partial charge in [-0.3, -0.25) is 4.79 Å². The number of rotatable bonds is 8. The van der Waals surface area contributed by atoms with Gasteiger partial charge in [-0.25, -0.2) is 26.3 Å². The van der Waals surface area contributed by atoms with Gasteiger partial charge in [-0.2, -0.15) is 0 Å². The van der Waals surface area contributed by atoms with Gasteiger partial charge in [0.05, 0.1) is 10.6 Å². The predicted molar refractivity (Wildman–Crippen MR) is 81.5 cm³/mol. The van der Waals surface area contributed by atoms with E-state index in [1.807, 2.05) is 0 Å². The second-order valence-corrected chi connectivity index (χ2v) is 8.90. The average molecular weight is 346 g/mol. The molecule has 1 aromatic rings. The summed E-state index contributed by atoms with van der Waals surface area (Å²) in [4.78, 5) is 11.8. The van der Waals surface area contributed by atoms with Crippen molar-refractivity contribution in [3.05, 3.63) is 29.8 Å². The highest BCUT2D eigenvalue weighted by atomic mass is 32.2. The molecule has 0 atom stereocenters. The molecule has 1 saturated carbocycles. The molecule has 2 N–H and O–H groups in total. The lowest BCUT2D eigenvalue weighted by Crippen LogP contribution is -2.33. The number of ketones is 1. The van der Waals surface area contributed by atoms with Crippen LogP contribution in [0.5, 0.6) is 0 Å². The summed E-state index contributed by atoms with van der Waals surface area (Å²) < 4.78 is 50.8. The fraction of sp³-hybridized carbons (Fsp3) is 0.462. The SMILES string of the molecule is CNS(=O)(=O)CCNS(=O)(=O)c1ccc(C(=O)C2CC2)cc1. The van der Waals surface area contributed by atoms with Gasteiger partial charge in [-0.05, 0) is 32.0 Å². The molecule has 0 aliphatic heterocycles. The summed E-state index contributed by atoms with van der Waals surface area (Å²) in [7, 11) is -5.99. The second-order valence-electron chi connectivity index (χ2n) is 5.08. The third-order valence-corrected chi connectivity index (χ3v) is 6.21. The second kappa shape index (κ2) is 6.45. The molecule has 0 amide bonds. The van der Waals surface area contributed by atoms with Gasteiger partial charge < -0.3 is 0 Å². The lowest BCUT2D eigenvalue weighted by atomic mass is 10.1. The third kappa shape index (κ3) is 4.35. The van der Waals surface area contributed by atoms with E-state index in [0.29, 0.717) is 5.56 Å². The zero-order valence-corrected chi connectivity index (χ0v) is 13.7. The fourth-order valence-corrected chi connectivity index (χ4v) is 3.61. The first kappa shape index (κ1) is 17.1. The van der Waals surface area contributed by atoms with Gasteiger partial charge in [-0.1, -0.05) is 12.1 Å². The van der Waals surface area contributed by atoms with E-state index in [1.165, 1.54) is 31.3 Å². The van der Waals surface area contributed by atoms with Gasteiger partial charge in [0.25, 0.3) is 0 Å². The highest BCUT2D eigenvalue weighted by Gasteiger charge is 2.30. The molecule has 7 nitrogen and oxygen atoms in total. The molecule has 0 heterocycles. The van der Waals surface area contributed by atoms with Gasteiger partial charge in [0.2, 0.25) is 20.0 Å². The normalized spacial score (nSPS) is 15.7. The summed E-state index contributed by atoms with van der Waals surface area (Å²) in [6.45, 7) is -0.228. The van der Waals surface area contributed by atoms with Crippen molar-refractivity contribution in [2.24, 2.45) is 5.92 Å². The molecule has 1 aliphatic rings. The third-order valence-electron chi connectivity index (χ3n) is 3.37. The Morgan fingerprint density at radius 2 is 1.73 bits per heavy atom. The quantitative estimate of drug-likeness (QED) is 0.649. The van der Waals surface area contributed by atoms with Crippen LogP contribution in [0, 0.1) is 5.92 Å². The highest BCUT2D eigenvalue weighted by Crippen LogP contribution is 2.32. The average Bonchev–Trinajstić information content (AvgIpc) is 3.31. The molecule has 22 heavy (non-hydrogen) atoms. The number of carbonyl (C=O) groups is 1. The first-order valence-electron chi connectivity index (χ1n) is 6.80. The lowest BCUT2D eigenvalue weighted by Gasteiger charge is -2.07.